The third-order valence-electron chi connectivity index (χ3n) is 4.24. The minimum atomic E-state index is -0.447. The zero-order valence-electron chi connectivity index (χ0n) is 13.3. The number of hydrogen-bond acceptors (Lipinski definition) is 6. The molecule has 2 aromatic heterocycles. The van der Waals surface area contributed by atoms with E-state index in [1.807, 2.05) is 0 Å². The van der Waals surface area contributed by atoms with Gasteiger partial charge >= 0.3 is 5.69 Å². The molecule has 8 nitrogen and oxygen atoms in total. The standard InChI is InChI=1S/C15H20N6O2/c1-10-4-3-5-12(8-10)18-15-17-11(2)13(21(22)23)14(19-15)20-7-6-16-9-20/h6-7,9-10,12H,3-5,8H2,1-2H3,(H,17,18,19)/t10-,12?/m0/s1. The fourth-order valence-corrected chi connectivity index (χ4v) is 3.14. The van der Waals surface area contributed by atoms with Crippen LogP contribution >= 0.6 is 0 Å². The van der Waals surface area contributed by atoms with Crippen molar-refractivity contribution in [3.63, 3.8) is 0 Å². The molecule has 23 heavy (non-hydrogen) atoms. The molecule has 2 atom stereocenters. The fraction of sp³-hybridized carbons (Fsp3) is 0.533. The molecule has 0 saturated heterocycles. The Morgan fingerprint density at radius 1 is 1.39 bits per heavy atom. The van der Waals surface area contributed by atoms with E-state index in [-0.39, 0.29) is 11.5 Å². The molecule has 8 heteroatoms. The summed E-state index contributed by atoms with van der Waals surface area (Å²) in [4.78, 5) is 23.5. The second-order valence-corrected chi connectivity index (χ2v) is 6.14. The van der Waals surface area contributed by atoms with Gasteiger partial charge in [0.15, 0.2) is 0 Å². The maximum Gasteiger partial charge on any atom is 0.333 e. The summed E-state index contributed by atoms with van der Waals surface area (Å²) in [7, 11) is 0. The molecule has 0 radical (unpaired) electrons. The Bertz CT molecular complexity index is 700. The summed E-state index contributed by atoms with van der Waals surface area (Å²) in [6, 6.07) is 0.315. The first-order valence-electron chi connectivity index (χ1n) is 7.82. The van der Waals surface area contributed by atoms with Crippen LogP contribution in [-0.4, -0.2) is 30.5 Å². The first kappa shape index (κ1) is 15.4. The van der Waals surface area contributed by atoms with E-state index in [0.717, 1.165) is 12.8 Å². The van der Waals surface area contributed by atoms with Gasteiger partial charge in [-0.3, -0.25) is 14.7 Å². The molecule has 2 aromatic rings. The normalized spacial score (nSPS) is 21.1. The number of nitro groups is 1. The highest BCUT2D eigenvalue weighted by Crippen LogP contribution is 2.28. The van der Waals surface area contributed by atoms with E-state index in [4.69, 9.17) is 0 Å². The molecule has 0 aromatic carbocycles. The highest BCUT2D eigenvalue weighted by Gasteiger charge is 2.25. The van der Waals surface area contributed by atoms with Gasteiger partial charge in [0.05, 0.1) is 4.92 Å². The molecular weight excluding hydrogens is 296 g/mol. The lowest BCUT2D eigenvalue weighted by Gasteiger charge is -2.27. The highest BCUT2D eigenvalue weighted by atomic mass is 16.6. The molecule has 0 spiro atoms. The number of aromatic nitrogens is 4. The zero-order valence-corrected chi connectivity index (χ0v) is 13.3. The van der Waals surface area contributed by atoms with Gasteiger partial charge in [-0.2, -0.15) is 4.98 Å². The third-order valence-corrected chi connectivity index (χ3v) is 4.24. The lowest BCUT2D eigenvalue weighted by Crippen LogP contribution is -2.27. The quantitative estimate of drug-likeness (QED) is 0.688. The van der Waals surface area contributed by atoms with Crippen molar-refractivity contribution in [3.05, 3.63) is 34.5 Å². The summed E-state index contributed by atoms with van der Waals surface area (Å²) in [5.41, 5.74) is 0.255. The Morgan fingerprint density at radius 3 is 2.87 bits per heavy atom. The fourth-order valence-electron chi connectivity index (χ4n) is 3.14. The predicted molar refractivity (Wildman–Crippen MR) is 85.6 cm³/mol. The van der Waals surface area contributed by atoms with Crippen molar-refractivity contribution in [3.8, 4) is 5.82 Å². The van der Waals surface area contributed by atoms with Crippen LogP contribution in [0.4, 0.5) is 11.6 Å². The molecule has 3 rings (SSSR count). The molecule has 1 N–H and O–H groups in total. The van der Waals surface area contributed by atoms with E-state index in [1.165, 1.54) is 19.2 Å². The lowest BCUT2D eigenvalue weighted by molar-refractivity contribution is -0.385. The van der Waals surface area contributed by atoms with Crippen LogP contribution in [0.25, 0.3) is 5.82 Å². The van der Waals surface area contributed by atoms with E-state index >= 15 is 0 Å². The van der Waals surface area contributed by atoms with Crippen LogP contribution in [0.15, 0.2) is 18.7 Å². The maximum atomic E-state index is 11.4. The van der Waals surface area contributed by atoms with Gasteiger partial charge in [0.25, 0.3) is 0 Å². The Hall–Kier alpha value is -2.51. The average Bonchev–Trinajstić information content (AvgIpc) is 3.00. The predicted octanol–water partition coefficient (Wildman–Crippen LogP) is 2.87. The monoisotopic (exact) mass is 316 g/mol. The van der Waals surface area contributed by atoms with Gasteiger partial charge in [0.1, 0.15) is 12.0 Å². The minimum Gasteiger partial charge on any atom is -0.351 e. The Balaban J connectivity index is 1.94. The summed E-state index contributed by atoms with van der Waals surface area (Å²) in [6.45, 7) is 3.88. The van der Waals surface area contributed by atoms with Crippen molar-refractivity contribution in [2.75, 3.05) is 5.32 Å². The van der Waals surface area contributed by atoms with Crippen LogP contribution in [0.3, 0.4) is 0 Å². The maximum absolute atomic E-state index is 11.4. The second-order valence-electron chi connectivity index (χ2n) is 6.14. The average molecular weight is 316 g/mol. The topological polar surface area (TPSA) is 98.8 Å². The van der Waals surface area contributed by atoms with Crippen molar-refractivity contribution in [2.45, 2.75) is 45.6 Å². The molecule has 1 saturated carbocycles. The van der Waals surface area contributed by atoms with Crippen molar-refractivity contribution in [1.29, 1.82) is 0 Å². The van der Waals surface area contributed by atoms with Crippen LogP contribution in [0.1, 0.15) is 38.3 Å². The Morgan fingerprint density at radius 2 is 2.22 bits per heavy atom. The van der Waals surface area contributed by atoms with Crippen LogP contribution in [0, 0.1) is 23.0 Å². The SMILES string of the molecule is Cc1nc(NC2CCC[C@H](C)C2)nc(-n2ccnc2)c1[N+](=O)[O-]. The summed E-state index contributed by atoms with van der Waals surface area (Å²) in [6.07, 6.45) is 9.28. The van der Waals surface area contributed by atoms with E-state index in [9.17, 15) is 10.1 Å². The van der Waals surface area contributed by atoms with Crippen molar-refractivity contribution >= 4 is 11.6 Å². The van der Waals surface area contributed by atoms with E-state index in [0.29, 0.717) is 23.6 Å². The van der Waals surface area contributed by atoms with Gasteiger partial charge in [-0.15, -0.1) is 0 Å². The summed E-state index contributed by atoms with van der Waals surface area (Å²) < 4.78 is 1.54. The highest BCUT2D eigenvalue weighted by molar-refractivity contribution is 5.53. The molecular formula is C15H20N6O2. The van der Waals surface area contributed by atoms with E-state index < -0.39 is 4.92 Å². The summed E-state index contributed by atoms with van der Waals surface area (Å²) in [5.74, 6) is 1.36. The Labute approximate surface area is 134 Å². The smallest absolute Gasteiger partial charge is 0.333 e. The second kappa shape index (κ2) is 6.31. The van der Waals surface area contributed by atoms with Gasteiger partial charge in [0.2, 0.25) is 11.8 Å². The first-order valence-corrected chi connectivity index (χ1v) is 7.82. The number of imidazole rings is 1. The lowest BCUT2D eigenvalue weighted by atomic mass is 9.87. The number of anilines is 1. The van der Waals surface area contributed by atoms with Gasteiger partial charge in [-0.1, -0.05) is 19.8 Å². The molecule has 0 aliphatic heterocycles. The molecule has 1 aliphatic carbocycles. The molecule has 1 unspecified atom stereocenters. The van der Waals surface area contributed by atoms with Crippen molar-refractivity contribution < 1.29 is 4.92 Å². The number of nitrogens with one attached hydrogen (secondary N) is 1. The van der Waals surface area contributed by atoms with Crippen molar-refractivity contribution in [1.82, 2.24) is 19.5 Å². The van der Waals surface area contributed by atoms with Gasteiger partial charge in [-0.25, -0.2) is 9.97 Å². The van der Waals surface area contributed by atoms with Crippen LogP contribution in [0.5, 0.6) is 0 Å². The molecule has 0 bridgehead atoms. The van der Waals surface area contributed by atoms with Crippen LogP contribution in [-0.2, 0) is 0 Å². The summed E-state index contributed by atoms with van der Waals surface area (Å²) >= 11 is 0. The van der Waals surface area contributed by atoms with E-state index in [1.54, 1.807) is 23.9 Å². The minimum absolute atomic E-state index is 0.0921. The van der Waals surface area contributed by atoms with Gasteiger partial charge < -0.3 is 5.32 Å². The zero-order chi connectivity index (χ0) is 16.4. The number of rotatable bonds is 4. The van der Waals surface area contributed by atoms with Crippen molar-refractivity contribution in [2.24, 2.45) is 5.92 Å². The van der Waals surface area contributed by atoms with Crippen LogP contribution < -0.4 is 5.32 Å². The number of nitrogens with zero attached hydrogens (tertiary/aromatic N) is 5. The number of hydrogen-bond donors (Lipinski definition) is 1. The largest absolute Gasteiger partial charge is 0.351 e. The summed E-state index contributed by atoms with van der Waals surface area (Å²) in [5, 5.41) is 14.7. The molecule has 2 heterocycles. The molecule has 1 fully saturated rings. The van der Waals surface area contributed by atoms with Gasteiger partial charge in [0, 0.05) is 18.4 Å². The van der Waals surface area contributed by atoms with E-state index in [2.05, 4.69) is 27.2 Å². The molecule has 1 aliphatic rings. The van der Waals surface area contributed by atoms with Gasteiger partial charge in [-0.05, 0) is 25.7 Å². The third kappa shape index (κ3) is 3.30. The first-order chi connectivity index (χ1) is 11.0. The number of aryl methyl sites for hydroxylation is 1. The molecule has 122 valence electrons. The molecule has 0 amide bonds. The Kier molecular flexibility index (Phi) is 4.22. The van der Waals surface area contributed by atoms with Crippen LogP contribution in [0.2, 0.25) is 0 Å².